The molecule has 0 saturated carbocycles. The van der Waals surface area contributed by atoms with Crippen LogP contribution in [0, 0.1) is 0 Å². The number of nitrogens with two attached hydrogens (primary N) is 1. The summed E-state index contributed by atoms with van der Waals surface area (Å²) in [7, 11) is 0. The number of rotatable bonds is 5. The van der Waals surface area contributed by atoms with Gasteiger partial charge in [0.1, 0.15) is 18.4 Å². The molecule has 1 heterocycles. The number of amides is 1. The first-order chi connectivity index (χ1) is 10.8. The number of alkyl halides is 3. The van der Waals surface area contributed by atoms with Crippen molar-refractivity contribution < 1.29 is 27.4 Å². The largest absolute Gasteiger partial charge is 0.492 e. The van der Waals surface area contributed by atoms with Gasteiger partial charge in [-0.05, 0) is 19.1 Å². The summed E-state index contributed by atoms with van der Waals surface area (Å²) in [6, 6.07) is 4.43. The van der Waals surface area contributed by atoms with Gasteiger partial charge in [-0.15, -0.1) is 0 Å². The zero-order valence-electron chi connectivity index (χ0n) is 12.7. The summed E-state index contributed by atoms with van der Waals surface area (Å²) in [5, 5.41) is 0. The van der Waals surface area contributed by atoms with E-state index in [1.54, 1.807) is 11.8 Å². The highest BCUT2D eigenvalue weighted by Crippen LogP contribution is 2.35. The van der Waals surface area contributed by atoms with Gasteiger partial charge in [0.05, 0.1) is 18.3 Å². The Morgan fingerprint density at radius 1 is 1.43 bits per heavy atom. The van der Waals surface area contributed by atoms with Crippen LogP contribution in [0.4, 0.5) is 13.2 Å². The van der Waals surface area contributed by atoms with Gasteiger partial charge in [-0.1, -0.05) is 12.1 Å². The number of carbonyl (C=O) groups is 1. The molecule has 1 saturated heterocycles. The summed E-state index contributed by atoms with van der Waals surface area (Å²) in [6.45, 7) is 2.95. The number of benzene rings is 1. The van der Waals surface area contributed by atoms with E-state index in [9.17, 15) is 18.0 Å². The Kier molecular flexibility index (Phi) is 5.48. The highest BCUT2D eigenvalue weighted by atomic mass is 19.4. The Morgan fingerprint density at radius 3 is 2.78 bits per heavy atom. The smallest absolute Gasteiger partial charge is 0.419 e. The molecule has 1 aliphatic rings. The average Bonchev–Trinajstić information content (AvgIpc) is 2.46. The lowest BCUT2D eigenvalue weighted by Gasteiger charge is -2.37. The molecule has 1 fully saturated rings. The highest BCUT2D eigenvalue weighted by Gasteiger charge is 2.35. The predicted octanol–water partition coefficient (Wildman–Crippen LogP) is 1.66. The molecule has 5 nitrogen and oxygen atoms in total. The van der Waals surface area contributed by atoms with Crippen molar-refractivity contribution in [3.8, 4) is 5.75 Å². The molecule has 2 atom stereocenters. The molecular formula is C15H19F3N2O3. The molecule has 0 aromatic heterocycles. The summed E-state index contributed by atoms with van der Waals surface area (Å²) < 4.78 is 49.3. The molecule has 0 radical (unpaired) electrons. The van der Waals surface area contributed by atoms with E-state index >= 15 is 0 Å². The number of ether oxygens (including phenoxy) is 2. The topological polar surface area (TPSA) is 64.8 Å². The van der Waals surface area contributed by atoms with Gasteiger partial charge in [0, 0.05) is 13.1 Å². The SMILES string of the molecule is C[C@H]1OCCN(CCOc2ccccc2C(F)(F)F)[C@@H]1C(N)=O. The number of halogens is 3. The maximum absolute atomic E-state index is 12.9. The van der Waals surface area contributed by atoms with Crippen molar-refractivity contribution in [1.82, 2.24) is 4.90 Å². The van der Waals surface area contributed by atoms with E-state index in [4.69, 9.17) is 15.2 Å². The molecule has 0 aliphatic carbocycles. The van der Waals surface area contributed by atoms with Gasteiger partial charge in [0.2, 0.25) is 5.91 Å². The van der Waals surface area contributed by atoms with Crippen molar-refractivity contribution in [1.29, 1.82) is 0 Å². The van der Waals surface area contributed by atoms with Crippen LogP contribution in [0.15, 0.2) is 24.3 Å². The first-order valence-electron chi connectivity index (χ1n) is 7.24. The Hall–Kier alpha value is -1.80. The number of hydrogen-bond acceptors (Lipinski definition) is 4. The molecule has 0 bridgehead atoms. The Bertz CT molecular complexity index is 551. The molecule has 128 valence electrons. The molecule has 1 amide bonds. The minimum Gasteiger partial charge on any atom is -0.492 e. The van der Waals surface area contributed by atoms with Crippen molar-refractivity contribution in [3.05, 3.63) is 29.8 Å². The third-order valence-electron chi connectivity index (χ3n) is 3.72. The summed E-state index contributed by atoms with van der Waals surface area (Å²) in [4.78, 5) is 13.3. The molecule has 23 heavy (non-hydrogen) atoms. The first kappa shape index (κ1) is 17.6. The van der Waals surface area contributed by atoms with Crippen molar-refractivity contribution in [2.45, 2.75) is 25.2 Å². The molecule has 2 rings (SSSR count). The molecule has 0 unspecified atom stereocenters. The van der Waals surface area contributed by atoms with Crippen molar-refractivity contribution >= 4 is 5.91 Å². The second-order valence-corrected chi connectivity index (χ2v) is 5.30. The minimum absolute atomic E-state index is 0.0175. The van der Waals surface area contributed by atoms with E-state index in [-0.39, 0.29) is 25.0 Å². The number of primary amides is 1. The zero-order chi connectivity index (χ0) is 17.0. The molecular weight excluding hydrogens is 313 g/mol. The van der Waals surface area contributed by atoms with Crippen LogP contribution in [-0.4, -0.2) is 49.3 Å². The fourth-order valence-electron chi connectivity index (χ4n) is 2.64. The second kappa shape index (κ2) is 7.18. The Morgan fingerprint density at radius 2 is 2.13 bits per heavy atom. The van der Waals surface area contributed by atoms with E-state index < -0.39 is 23.7 Å². The number of morpholine rings is 1. The lowest BCUT2D eigenvalue weighted by Crippen LogP contribution is -2.57. The summed E-state index contributed by atoms with van der Waals surface area (Å²) >= 11 is 0. The fourth-order valence-corrected chi connectivity index (χ4v) is 2.64. The summed E-state index contributed by atoms with van der Waals surface area (Å²) in [5.74, 6) is -0.746. The molecule has 8 heteroatoms. The fraction of sp³-hybridized carbons (Fsp3) is 0.533. The van der Waals surface area contributed by atoms with Crippen molar-refractivity contribution in [3.63, 3.8) is 0 Å². The predicted molar refractivity (Wildman–Crippen MR) is 76.9 cm³/mol. The van der Waals surface area contributed by atoms with Gasteiger partial charge in [0.15, 0.2) is 0 Å². The standard InChI is InChI=1S/C15H19F3N2O3/c1-10-13(14(19)21)20(6-8-22-10)7-9-23-12-5-3-2-4-11(12)15(16,17)18/h2-5,10,13H,6-9H2,1H3,(H2,19,21)/t10-,13+/m1/s1. The van der Waals surface area contributed by atoms with Crippen LogP contribution in [0.2, 0.25) is 0 Å². The Labute approximate surface area is 132 Å². The van der Waals surface area contributed by atoms with Gasteiger partial charge in [-0.25, -0.2) is 0 Å². The lowest BCUT2D eigenvalue weighted by molar-refractivity contribution is -0.139. The molecule has 0 spiro atoms. The summed E-state index contributed by atoms with van der Waals surface area (Å²) in [6.07, 6.45) is -4.83. The quantitative estimate of drug-likeness (QED) is 0.891. The molecule has 1 aliphatic heterocycles. The number of hydrogen-bond donors (Lipinski definition) is 1. The van der Waals surface area contributed by atoms with E-state index in [1.807, 2.05) is 0 Å². The van der Waals surface area contributed by atoms with Crippen molar-refractivity contribution in [2.24, 2.45) is 5.73 Å². The van der Waals surface area contributed by atoms with Gasteiger partial charge in [0.25, 0.3) is 0 Å². The van der Waals surface area contributed by atoms with Crippen LogP contribution < -0.4 is 10.5 Å². The van der Waals surface area contributed by atoms with E-state index in [1.165, 1.54) is 18.2 Å². The molecule has 1 aromatic carbocycles. The highest BCUT2D eigenvalue weighted by molar-refractivity contribution is 5.80. The maximum Gasteiger partial charge on any atom is 0.419 e. The van der Waals surface area contributed by atoms with Gasteiger partial charge >= 0.3 is 6.18 Å². The van der Waals surface area contributed by atoms with E-state index in [0.717, 1.165) is 6.07 Å². The van der Waals surface area contributed by atoms with Gasteiger partial charge in [-0.2, -0.15) is 13.2 Å². The van der Waals surface area contributed by atoms with E-state index in [2.05, 4.69) is 0 Å². The van der Waals surface area contributed by atoms with Crippen LogP contribution in [-0.2, 0) is 15.7 Å². The van der Waals surface area contributed by atoms with Crippen molar-refractivity contribution in [2.75, 3.05) is 26.3 Å². The Balaban J connectivity index is 1.98. The zero-order valence-corrected chi connectivity index (χ0v) is 12.7. The molecule has 2 N–H and O–H groups in total. The minimum atomic E-state index is -4.47. The molecule has 1 aromatic rings. The van der Waals surface area contributed by atoms with Crippen LogP contribution in [0.1, 0.15) is 12.5 Å². The van der Waals surface area contributed by atoms with Crippen LogP contribution in [0.3, 0.4) is 0 Å². The van der Waals surface area contributed by atoms with Gasteiger partial charge < -0.3 is 15.2 Å². The number of nitrogens with zero attached hydrogens (tertiary/aromatic N) is 1. The third kappa shape index (κ3) is 4.35. The number of carbonyl (C=O) groups excluding carboxylic acids is 1. The maximum atomic E-state index is 12.9. The van der Waals surface area contributed by atoms with Crippen LogP contribution in [0.25, 0.3) is 0 Å². The normalized spacial score (nSPS) is 22.8. The second-order valence-electron chi connectivity index (χ2n) is 5.30. The first-order valence-corrected chi connectivity index (χ1v) is 7.24. The summed E-state index contributed by atoms with van der Waals surface area (Å²) in [5.41, 5.74) is 4.54. The lowest BCUT2D eigenvalue weighted by atomic mass is 10.1. The monoisotopic (exact) mass is 332 g/mol. The van der Waals surface area contributed by atoms with Crippen LogP contribution in [0.5, 0.6) is 5.75 Å². The van der Waals surface area contributed by atoms with Gasteiger partial charge in [-0.3, -0.25) is 9.69 Å². The third-order valence-corrected chi connectivity index (χ3v) is 3.72. The van der Waals surface area contributed by atoms with Crippen LogP contribution >= 0.6 is 0 Å². The number of para-hydroxylation sites is 1. The van der Waals surface area contributed by atoms with E-state index in [0.29, 0.717) is 13.2 Å². The average molecular weight is 332 g/mol.